The normalized spacial score (nSPS) is 13.4. The third kappa shape index (κ3) is 3.36. The van der Waals surface area contributed by atoms with Crippen LogP contribution in [0.3, 0.4) is 0 Å². The molecule has 8 nitrogen and oxygen atoms in total. The summed E-state index contributed by atoms with van der Waals surface area (Å²) < 4.78 is 6.22. The summed E-state index contributed by atoms with van der Waals surface area (Å²) in [6, 6.07) is 6.97. The van der Waals surface area contributed by atoms with E-state index >= 15 is 0 Å². The maximum atomic E-state index is 12.6. The molecule has 0 aliphatic carbocycles. The van der Waals surface area contributed by atoms with Gasteiger partial charge in [0, 0.05) is 7.05 Å². The summed E-state index contributed by atoms with van der Waals surface area (Å²) in [4.78, 5) is 38.6. The van der Waals surface area contributed by atoms with Crippen LogP contribution in [0.15, 0.2) is 40.2 Å². The maximum absolute atomic E-state index is 12.6. The molecule has 25 heavy (non-hydrogen) atoms. The van der Waals surface area contributed by atoms with E-state index in [1.165, 1.54) is 30.0 Å². The Kier molecular flexibility index (Phi) is 4.75. The molecule has 0 saturated heterocycles. The number of methoxy groups -OCH3 is 1. The molecule has 1 aromatic heterocycles. The average Bonchev–Trinajstić information content (AvgIpc) is 2.61. The van der Waals surface area contributed by atoms with Gasteiger partial charge in [-0.05, 0) is 12.1 Å². The SMILES string of the molecule is COc1ccccc1NC(=O)Cn1ncc2c(c1=O)N(C)C(=O)CS2. The Bertz CT molecular complexity index is 896. The highest BCUT2D eigenvalue weighted by atomic mass is 32.2. The summed E-state index contributed by atoms with van der Waals surface area (Å²) in [5.41, 5.74) is 0.279. The van der Waals surface area contributed by atoms with Crippen LogP contribution in [0.4, 0.5) is 11.4 Å². The molecule has 2 aromatic rings. The smallest absolute Gasteiger partial charge is 0.292 e. The Balaban J connectivity index is 1.83. The molecule has 0 radical (unpaired) electrons. The number of thioether (sulfide) groups is 1. The van der Waals surface area contributed by atoms with Crippen LogP contribution in [0.2, 0.25) is 0 Å². The van der Waals surface area contributed by atoms with Gasteiger partial charge in [-0.1, -0.05) is 12.1 Å². The van der Waals surface area contributed by atoms with Gasteiger partial charge in [-0.15, -0.1) is 11.8 Å². The number of para-hydroxylation sites is 2. The third-order valence-electron chi connectivity index (χ3n) is 3.72. The van der Waals surface area contributed by atoms with Crippen molar-refractivity contribution in [2.45, 2.75) is 11.4 Å². The molecule has 3 rings (SSSR count). The minimum atomic E-state index is -0.476. The lowest BCUT2D eigenvalue weighted by Crippen LogP contribution is -2.40. The zero-order chi connectivity index (χ0) is 18.0. The Morgan fingerprint density at radius 1 is 1.36 bits per heavy atom. The van der Waals surface area contributed by atoms with Crippen molar-refractivity contribution >= 4 is 35.0 Å². The van der Waals surface area contributed by atoms with E-state index in [2.05, 4.69) is 10.4 Å². The zero-order valence-electron chi connectivity index (χ0n) is 13.7. The number of nitrogens with zero attached hydrogens (tertiary/aromatic N) is 3. The molecule has 2 heterocycles. The van der Waals surface area contributed by atoms with Crippen LogP contribution in [0, 0.1) is 0 Å². The first kappa shape index (κ1) is 17.0. The number of hydrogen-bond acceptors (Lipinski definition) is 6. The number of carbonyl (C=O) groups excluding carboxylic acids is 2. The molecule has 0 saturated carbocycles. The van der Waals surface area contributed by atoms with Crippen LogP contribution in [-0.4, -0.2) is 41.5 Å². The van der Waals surface area contributed by atoms with Crippen molar-refractivity contribution in [3.63, 3.8) is 0 Å². The van der Waals surface area contributed by atoms with Crippen LogP contribution in [0.25, 0.3) is 0 Å². The number of carbonyl (C=O) groups is 2. The van der Waals surface area contributed by atoms with Gasteiger partial charge in [-0.25, -0.2) is 4.68 Å². The van der Waals surface area contributed by atoms with Gasteiger partial charge in [0.25, 0.3) is 5.56 Å². The highest BCUT2D eigenvalue weighted by Crippen LogP contribution is 2.30. The van der Waals surface area contributed by atoms with Crippen molar-refractivity contribution < 1.29 is 14.3 Å². The van der Waals surface area contributed by atoms with E-state index in [4.69, 9.17) is 4.74 Å². The van der Waals surface area contributed by atoms with Crippen molar-refractivity contribution in [2.24, 2.45) is 0 Å². The number of rotatable bonds is 4. The number of amides is 2. The van der Waals surface area contributed by atoms with Crippen molar-refractivity contribution in [3.8, 4) is 5.75 Å². The van der Waals surface area contributed by atoms with Gasteiger partial charge < -0.3 is 15.0 Å². The van der Waals surface area contributed by atoms with Crippen LogP contribution in [0.1, 0.15) is 0 Å². The highest BCUT2D eigenvalue weighted by Gasteiger charge is 2.26. The largest absolute Gasteiger partial charge is 0.495 e. The second-order valence-electron chi connectivity index (χ2n) is 5.31. The van der Waals surface area contributed by atoms with E-state index in [9.17, 15) is 14.4 Å². The number of aromatic nitrogens is 2. The van der Waals surface area contributed by atoms with E-state index < -0.39 is 11.5 Å². The van der Waals surface area contributed by atoms with Crippen molar-refractivity contribution in [1.29, 1.82) is 0 Å². The fourth-order valence-electron chi connectivity index (χ4n) is 2.43. The van der Waals surface area contributed by atoms with Gasteiger partial charge in [-0.2, -0.15) is 5.10 Å². The number of fused-ring (bicyclic) bond motifs is 1. The lowest BCUT2D eigenvalue weighted by Gasteiger charge is -2.24. The van der Waals surface area contributed by atoms with E-state index in [0.717, 1.165) is 4.68 Å². The predicted octanol–water partition coefficient (Wildman–Crippen LogP) is 0.959. The summed E-state index contributed by atoms with van der Waals surface area (Å²) in [5.74, 6) is 0.203. The van der Waals surface area contributed by atoms with Crippen LogP contribution >= 0.6 is 11.8 Å². The van der Waals surface area contributed by atoms with Crippen molar-refractivity contribution in [1.82, 2.24) is 9.78 Å². The molecule has 0 fully saturated rings. The highest BCUT2D eigenvalue weighted by molar-refractivity contribution is 8.00. The predicted molar refractivity (Wildman–Crippen MR) is 94.3 cm³/mol. The maximum Gasteiger partial charge on any atom is 0.292 e. The summed E-state index contributed by atoms with van der Waals surface area (Å²) in [7, 11) is 3.05. The number of ether oxygens (including phenoxy) is 1. The lowest BCUT2D eigenvalue weighted by atomic mass is 10.3. The van der Waals surface area contributed by atoms with Crippen LogP contribution in [-0.2, 0) is 16.1 Å². The molecule has 1 aliphatic rings. The van der Waals surface area contributed by atoms with E-state index in [0.29, 0.717) is 16.3 Å². The quantitative estimate of drug-likeness (QED) is 0.873. The summed E-state index contributed by atoms with van der Waals surface area (Å²) in [6.45, 7) is -0.267. The Morgan fingerprint density at radius 3 is 2.88 bits per heavy atom. The molecule has 0 atom stereocenters. The number of benzene rings is 1. The standard InChI is InChI=1S/C16H16N4O4S/c1-19-14(22)9-25-12-7-17-20(16(23)15(12)19)8-13(21)18-10-5-3-4-6-11(10)24-2/h3-7H,8-9H2,1-2H3,(H,18,21). The van der Waals surface area contributed by atoms with Gasteiger partial charge in [0.05, 0.1) is 29.6 Å². The molecule has 1 aliphatic heterocycles. The number of anilines is 2. The molecule has 0 spiro atoms. The molecular formula is C16H16N4O4S. The lowest BCUT2D eigenvalue weighted by molar-refractivity contribution is -0.117. The van der Waals surface area contributed by atoms with Gasteiger partial charge in [-0.3, -0.25) is 14.4 Å². The second kappa shape index (κ2) is 6.98. The first-order valence-corrected chi connectivity index (χ1v) is 8.42. The fraction of sp³-hybridized carbons (Fsp3) is 0.250. The Hall–Kier alpha value is -2.81. The number of nitrogens with one attached hydrogen (secondary N) is 1. The molecule has 9 heteroatoms. The van der Waals surface area contributed by atoms with E-state index in [1.807, 2.05) is 0 Å². The van der Waals surface area contributed by atoms with Crippen molar-refractivity contribution in [2.75, 3.05) is 30.1 Å². The second-order valence-corrected chi connectivity index (χ2v) is 6.33. The summed E-state index contributed by atoms with van der Waals surface area (Å²) >= 11 is 1.27. The zero-order valence-corrected chi connectivity index (χ0v) is 14.5. The minimum Gasteiger partial charge on any atom is -0.495 e. The first-order chi connectivity index (χ1) is 12.0. The third-order valence-corrected chi connectivity index (χ3v) is 4.72. The molecule has 1 N–H and O–H groups in total. The first-order valence-electron chi connectivity index (χ1n) is 7.43. The van der Waals surface area contributed by atoms with Crippen molar-refractivity contribution in [3.05, 3.63) is 40.8 Å². The Morgan fingerprint density at radius 2 is 2.12 bits per heavy atom. The summed E-state index contributed by atoms with van der Waals surface area (Å²) in [6.07, 6.45) is 1.50. The number of hydrogen-bond donors (Lipinski definition) is 1. The molecule has 0 unspecified atom stereocenters. The monoisotopic (exact) mass is 360 g/mol. The van der Waals surface area contributed by atoms with Gasteiger partial charge in [0.15, 0.2) is 0 Å². The molecule has 2 amide bonds. The molecule has 0 bridgehead atoms. The van der Waals surface area contributed by atoms with E-state index in [1.54, 1.807) is 31.3 Å². The Labute approximate surface area is 147 Å². The van der Waals surface area contributed by atoms with Crippen LogP contribution < -0.4 is 20.5 Å². The minimum absolute atomic E-state index is 0.161. The van der Waals surface area contributed by atoms with Gasteiger partial charge >= 0.3 is 0 Å². The molecule has 1 aromatic carbocycles. The average molecular weight is 360 g/mol. The summed E-state index contributed by atoms with van der Waals surface area (Å²) in [5, 5.41) is 6.72. The molecular weight excluding hydrogens is 344 g/mol. The fourth-order valence-corrected chi connectivity index (χ4v) is 3.38. The molecule has 130 valence electrons. The topological polar surface area (TPSA) is 93.5 Å². The van der Waals surface area contributed by atoms with Crippen LogP contribution in [0.5, 0.6) is 5.75 Å². The van der Waals surface area contributed by atoms with Gasteiger partial charge in [0.2, 0.25) is 11.8 Å². The van der Waals surface area contributed by atoms with E-state index in [-0.39, 0.29) is 23.9 Å². The van der Waals surface area contributed by atoms with Gasteiger partial charge in [0.1, 0.15) is 18.0 Å².